The van der Waals surface area contributed by atoms with Crippen molar-refractivity contribution in [2.24, 2.45) is 0 Å². The van der Waals surface area contributed by atoms with Gasteiger partial charge < -0.3 is 0 Å². The molecular weight excluding hydrogens is 263 g/mol. The van der Waals surface area contributed by atoms with Crippen LogP contribution in [0.5, 0.6) is 0 Å². The normalized spacial score (nSPS) is 10.4. The van der Waals surface area contributed by atoms with Crippen LogP contribution in [0.15, 0.2) is 30.3 Å². The van der Waals surface area contributed by atoms with Crippen LogP contribution in [-0.4, -0.2) is 5.24 Å². The monoisotopic (exact) mass is 270 g/mol. The Labute approximate surface area is 108 Å². The molecule has 0 fully saturated rings. The van der Waals surface area contributed by atoms with Gasteiger partial charge in [-0.25, -0.2) is 0 Å². The maximum atomic E-state index is 11.1. The van der Waals surface area contributed by atoms with Gasteiger partial charge in [-0.1, -0.05) is 23.7 Å². The fraction of sp³-hybridized carbons (Fsp3) is 0.0833. The molecule has 16 heavy (non-hydrogen) atoms. The summed E-state index contributed by atoms with van der Waals surface area (Å²) in [6, 6.07) is 9.34. The van der Waals surface area contributed by atoms with Gasteiger partial charge in [-0.05, 0) is 47.9 Å². The Morgan fingerprint density at radius 1 is 1.25 bits per heavy atom. The smallest absolute Gasteiger partial charge is 0.262 e. The third-order valence-electron chi connectivity index (χ3n) is 2.27. The molecule has 1 aromatic heterocycles. The molecule has 0 bridgehead atoms. The summed E-state index contributed by atoms with van der Waals surface area (Å²) in [6.07, 6.45) is 0. The van der Waals surface area contributed by atoms with Gasteiger partial charge in [0.15, 0.2) is 0 Å². The predicted molar refractivity (Wildman–Crippen MR) is 69.7 cm³/mol. The fourth-order valence-corrected chi connectivity index (χ4v) is 2.66. The molecule has 0 saturated heterocycles. The topological polar surface area (TPSA) is 17.1 Å². The zero-order valence-corrected chi connectivity index (χ0v) is 10.8. The Balaban J connectivity index is 2.47. The maximum Gasteiger partial charge on any atom is 0.262 e. The van der Waals surface area contributed by atoms with Gasteiger partial charge in [0, 0.05) is 9.90 Å². The molecule has 0 unspecified atom stereocenters. The number of benzene rings is 1. The summed E-state index contributed by atoms with van der Waals surface area (Å²) in [5, 5.41) is 0.290. The lowest BCUT2D eigenvalue weighted by molar-refractivity contribution is 0.108. The second-order valence-corrected chi connectivity index (χ2v) is 5.40. The summed E-state index contributed by atoms with van der Waals surface area (Å²) < 4.78 is 0. The Hall–Kier alpha value is -0.830. The van der Waals surface area contributed by atoms with E-state index < -0.39 is 5.24 Å². The number of thiophene rings is 1. The van der Waals surface area contributed by atoms with Crippen LogP contribution in [0, 0.1) is 6.92 Å². The van der Waals surface area contributed by atoms with Crippen molar-refractivity contribution in [2.45, 2.75) is 6.92 Å². The molecule has 0 aliphatic heterocycles. The molecule has 1 heterocycles. The average Bonchev–Trinajstić information content (AvgIpc) is 2.62. The number of halogens is 2. The molecule has 1 nitrogen and oxygen atoms in total. The zero-order valence-electron chi connectivity index (χ0n) is 8.46. The van der Waals surface area contributed by atoms with Gasteiger partial charge >= 0.3 is 0 Å². The molecule has 82 valence electrons. The van der Waals surface area contributed by atoms with Crippen molar-refractivity contribution >= 4 is 39.8 Å². The summed E-state index contributed by atoms with van der Waals surface area (Å²) >= 11 is 12.7. The molecule has 2 rings (SSSR count). The molecule has 0 radical (unpaired) electrons. The number of hydrogen-bond donors (Lipinski definition) is 0. The van der Waals surface area contributed by atoms with Crippen molar-refractivity contribution in [2.75, 3.05) is 0 Å². The standard InChI is InChI=1S/C12H8Cl2OS/c1-7-10(6-11(16-7)12(14)15)8-2-4-9(13)5-3-8/h2-6H,1H3. The first-order chi connectivity index (χ1) is 7.58. The lowest BCUT2D eigenvalue weighted by Gasteiger charge is -1.99. The maximum absolute atomic E-state index is 11.1. The summed E-state index contributed by atoms with van der Waals surface area (Å²) in [6.45, 7) is 1.97. The van der Waals surface area contributed by atoms with E-state index in [2.05, 4.69) is 0 Å². The number of carbonyl (C=O) groups excluding carboxylic acids is 1. The summed E-state index contributed by atoms with van der Waals surface area (Å²) in [7, 11) is 0. The van der Waals surface area contributed by atoms with Crippen molar-refractivity contribution in [1.29, 1.82) is 0 Å². The van der Waals surface area contributed by atoms with E-state index in [0.29, 0.717) is 9.90 Å². The summed E-state index contributed by atoms with van der Waals surface area (Å²) in [5.41, 5.74) is 2.08. The van der Waals surface area contributed by atoms with Crippen molar-refractivity contribution in [3.05, 3.63) is 45.1 Å². The number of aryl methyl sites for hydroxylation is 1. The van der Waals surface area contributed by atoms with Gasteiger partial charge in [0.1, 0.15) is 0 Å². The number of carbonyl (C=O) groups is 1. The van der Waals surface area contributed by atoms with Gasteiger partial charge in [-0.3, -0.25) is 4.79 Å². The van der Waals surface area contributed by atoms with Crippen LogP contribution in [0.25, 0.3) is 11.1 Å². The lowest BCUT2D eigenvalue weighted by atomic mass is 10.1. The molecular formula is C12H8Cl2OS. The van der Waals surface area contributed by atoms with Gasteiger partial charge in [0.05, 0.1) is 4.88 Å². The summed E-state index contributed by atoms with van der Waals surface area (Å²) in [4.78, 5) is 12.7. The van der Waals surface area contributed by atoms with Gasteiger partial charge in [0.25, 0.3) is 5.24 Å². The van der Waals surface area contributed by atoms with E-state index in [0.717, 1.165) is 16.0 Å². The van der Waals surface area contributed by atoms with Crippen LogP contribution in [0.4, 0.5) is 0 Å². The van der Waals surface area contributed by atoms with Crippen LogP contribution in [0.2, 0.25) is 5.02 Å². The number of rotatable bonds is 2. The summed E-state index contributed by atoms with van der Waals surface area (Å²) in [5.74, 6) is 0. The van der Waals surface area contributed by atoms with Gasteiger partial charge in [-0.15, -0.1) is 11.3 Å². The molecule has 0 N–H and O–H groups in total. The molecule has 0 amide bonds. The van der Waals surface area contributed by atoms with E-state index in [-0.39, 0.29) is 0 Å². The SMILES string of the molecule is Cc1sc(C(=O)Cl)cc1-c1ccc(Cl)cc1. The molecule has 2 aromatic rings. The van der Waals surface area contributed by atoms with Gasteiger partial charge in [0.2, 0.25) is 0 Å². The first-order valence-corrected chi connectivity index (χ1v) is 6.21. The highest BCUT2D eigenvalue weighted by atomic mass is 35.5. The molecule has 0 spiro atoms. The molecule has 4 heteroatoms. The van der Waals surface area contributed by atoms with Crippen molar-refractivity contribution in [3.63, 3.8) is 0 Å². The Kier molecular flexibility index (Phi) is 3.33. The van der Waals surface area contributed by atoms with Gasteiger partial charge in [-0.2, -0.15) is 0 Å². The van der Waals surface area contributed by atoms with Crippen LogP contribution < -0.4 is 0 Å². The average molecular weight is 271 g/mol. The van der Waals surface area contributed by atoms with Crippen LogP contribution in [0.1, 0.15) is 14.5 Å². The molecule has 1 aromatic carbocycles. The first-order valence-electron chi connectivity index (χ1n) is 4.64. The first kappa shape index (κ1) is 11.6. The third kappa shape index (κ3) is 2.29. The minimum absolute atomic E-state index is 0.409. The fourth-order valence-electron chi connectivity index (χ4n) is 1.50. The van der Waals surface area contributed by atoms with Crippen molar-refractivity contribution < 1.29 is 4.79 Å². The van der Waals surface area contributed by atoms with Crippen molar-refractivity contribution in [1.82, 2.24) is 0 Å². The van der Waals surface area contributed by atoms with Crippen molar-refractivity contribution in [3.8, 4) is 11.1 Å². The molecule has 0 saturated carbocycles. The quantitative estimate of drug-likeness (QED) is 0.720. The second-order valence-electron chi connectivity index (χ2n) is 3.36. The number of hydrogen-bond acceptors (Lipinski definition) is 2. The minimum atomic E-state index is -0.409. The highest BCUT2D eigenvalue weighted by Crippen LogP contribution is 2.32. The van der Waals surface area contributed by atoms with E-state index in [9.17, 15) is 4.79 Å². The second kappa shape index (κ2) is 4.58. The largest absolute Gasteiger partial charge is 0.275 e. The zero-order chi connectivity index (χ0) is 11.7. The minimum Gasteiger partial charge on any atom is -0.275 e. The third-order valence-corrected chi connectivity index (χ3v) is 3.88. The van der Waals surface area contributed by atoms with E-state index in [1.165, 1.54) is 11.3 Å². The van der Waals surface area contributed by atoms with Crippen LogP contribution in [-0.2, 0) is 0 Å². The van der Waals surface area contributed by atoms with E-state index in [1.807, 2.05) is 37.3 Å². The highest BCUT2D eigenvalue weighted by molar-refractivity contribution is 7.16. The highest BCUT2D eigenvalue weighted by Gasteiger charge is 2.11. The van der Waals surface area contributed by atoms with Crippen LogP contribution in [0.3, 0.4) is 0 Å². The Morgan fingerprint density at radius 2 is 1.88 bits per heavy atom. The van der Waals surface area contributed by atoms with E-state index in [4.69, 9.17) is 23.2 Å². The molecule has 0 aliphatic rings. The Bertz CT molecular complexity index is 528. The molecule has 0 atom stereocenters. The van der Waals surface area contributed by atoms with Crippen LogP contribution >= 0.6 is 34.5 Å². The molecule has 0 aliphatic carbocycles. The van der Waals surface area contributed by atoms with E-state index >= 15 is 0 Å². The predicted octanol–water partition coefficient (Wildman–Crippen LogP) is 4.76. The Morgan fingerprint density at radius 3 is 2.38 bits per heavy atom. The lowest BCUT2D eigenvalue weighted by Crippen LogP contribution is -1.80. The van der Waals surface area contributed by atoms with E-state index in [1.54, 1.807) is 0 Å².